The minimum Gasteiger partial charge on any atom is -0.466 e. The smallest absolute Gasteiger partial charge is 0.307 e. The maximum atomic E-state index is 11.8. The molecule has 0 heterocycles. The van der Waals surface area contributed by atoms with E-state index in [0.29, 0.717) is 0 Å². The van der Waals surface area contributed by atoms with E-state index in [1.54, 1.807) is 6.92 Å². The maximum absolute atomic E-state index is 11.8. The Bertz CT molecular complexity index is 614. The van der Waals surface area contributed by atoms with E-state index in [-0.39, 0.29) is 30.8 Å². The van der Waals surface area contributed by atoms with Gasteiger partial charge in [-0.1, -0.05) is 18.2 Å². The van der Waals surface area contributed by atoms with Gasteiger partial charge < -0.3 is 4.74 Å². The van der Waals surface area contributed by atoms with Crippen molar-refractivity contribution in [1.82, 2.24) is 4.72 Å². The number of ether oxygens (including phenoxy) is 1. The van der Waals surface area contributed by atoms with Crippen molar-refractivity contribution in [1.29, 1.82) is 0 Å². The molecule has 0 spiro atoms. The fourth-order valence-electron chi connectivity index (χ4n) is 1.61. The number of nitro benzene ring substituents is 1. The number of nitrogens with one attached hydrogen (secondary N) is 1. The van der Waals surface area contributed by atoms with Crippen molar-refractivity contribution in [2.45, 2.75) is 19.1 Å². The minimum absolute atomic E-state index is 0.0890. The molecule has 21 heavy (non-hydrogen) atoms. The summed E-state index contributed by atoms with van der Waals surface area (Å²) in [5, 5.41) is 10.8. The second kappa shape index (κ2) is 7.70. The first-order valence-corrected chi connectivity index (χ1v) is 7.86. The van der Waals surface area contributed by atoms with Gasteiger partial charge in [0.25, 0.3) is 5.69 Å². The van der Waals surface area contributed by atoms with E-state index in [4.69, 9.17) is 0 Å². The lowest BCUT2D eigenvalue weighted by atomic mass is 10.2. The highest BCUT2D eigenvalue weighted by molar-refractivity contribution is 7.88. The number of rotatable bonds is 8. The lowest BCUT2D eigenvalue weighted by Gasteiger charge is -2.07. The Balaban J connectivity index is 2.65. The van der Waals surface area contributed by atoms with Crippen molar-refractivity contribution in [2.75, 3.05) is 13.2 Å². The molecule has 0 bridgehead atoms. The predicted molar refractivity (Wildman–Crippen MR) is 75.0 cm³/mol. The summed E-state index contributed by atoms with van der Waals surface area (Å²) in [5.41, 5.74) is -0.167. The maximum Gasteiger partial charge on any atom is 0.307 e. The molecule has 0 radical (unpaired) electrons. The number of esters is 1. The van der Waals surface area contributed by atoms with Gasteiger partial charge in [-0.15, -0.1) is 0 Å². The number of carbonyl (C=O) groups excluding carboxylic acids is 1. The minimum atomic E-state index is -3.76. The third-order valence-electron chi connectivity index (χ3n) is 2.49. The molecule has 1 aromatic rings. The molecule has 0 aliphatic rings. The zero-order valence-electron chi connectivity index (χ0n) is 11.4. The Labute approximate surface area is 122 Å². The van der Waals surface area contributed by atoms with Crippen molar-refractivity contribution < 1.29 is 22.9 Å². The molecule has 8 nitrogen and oxygen atoms in total. The number of carbonyl (C=O) groups is 1. The SMILES string of the molecule is CCOC(=O)CCNS(=O)(=O)Cc1ccccc1[N+](=O)[O-]. The van der Waals surface area contributed by atoms with Crippen LogP contribution in [0.4, 0.5) is 5.69 Å². The van der Waals surface area contributed by atoms with Gasteiger partial charge in [0.2, 0.25) is 10.0 Å². The Morgan fingerprint density at radius 3 is 2.67 bits per heavy atom. The lowest BCUT2D eigenvalue weighted by Crippen LogP contribution is -2.28. The van der Waals surface area contributed by atoms with Crippen LogP contribution in [0, 0.1) is 10.1 Å². The molecule has 9 heteroatoms. The number of nitro groups is 1. The number of hydrogen-bond donors (Lipinski definition) is 1. The van der Waals surface area contributed by atoms with Gasteiger partial charge in [0, 0.05) is 18.2 Å². The second-order valence-electron chi connectivity index (χ2n) is 4.09. The number of hydrogen-bond acceptors (Lipinski definition) is 6. The molecular formula is C12H16N2O6S. The molecule has 0 aromatic heterocycles. The largest absolute Gasteiger partial charge is 0.466 e. The number of benzene rings is 1. The molecule has 1 N–H and O–H groups in total. The van der Waals surface area contributed by atoms with Gasteiger partial charge in [-0.05, 0) is 6.92 Å². The van der Waals surface area contributed by atoms with Gasteiger partial charge in [0.15, 0.2) is 0 Å². The molecule has 0 fully saturated rings. The highest BCUT2D eigenvalue weighted by atomic mass is 32.2. The van der Waals surface area contributed by atoms with Crippen LogP contribution in [0.15, 0.2) is 24.3 Å². The number of nitrogens with zero attached hydrogens (tertiary/aromatic N) is 1. The highest BCUT2D eigenvalue weighted by Gasteiger charge is 2.19. The van der Waals surface area contributed by atoms with E-state index in [1.165, 1.54) is 24.3 Å². The first-order chi connectivity index (χ1) is 9.85. The average molecular weight is 316 g/mol. The topological polar surface area (TPSA) is 116 Å². The number of sulfonamides is 1. The zero-order chi connectivity index (χ0) is 15.9. The zero-order valence-corrected chi connectivity index (χ0v) is 12.3. The third kappa shape index (κ3) is 5.88. The van der Waals surface area contributed by atoms with Crippen molar-refractivity contribution >= 4 is 21.7 Å². The molecule has 1 rings (SSSR count). The van der Waals surface area contributed by atoms with E-state index in [9.17, 15) is 23.3 Å². The molecule has 0 amide bonds. The van der Waals surface area contributed by atoms with Crippen LogP contribution in [0.25, 0.3) is 0 Å². The van der Waals surface area contributed by atoms with Crippen LogP contribution < -0.4 is 4.72 Å². The van der Waals surface area contributed by atoms with Crippen molar-refractivity contribution in [3.8, 4) is 0 Å². The molecule has 116 valence electrons. The molecule has 0 saturated heterocycles. The van der Waals surface area contributed by atoms with Crippen LogP contribution >= 0.6 is 0 Å². The fourth-order valence-corrected chi connectivity index (χ4v) is 2.78. The van der Waals surface area contributed by atoms with Crippen molar-refractivity contribution in [3.05, 3.63) is 39.9 Å². The summed E-state index contributed by atoms with van der Waals surface area (Å²) in [6.45, 7) is 1.76. The van der Waals surface area contributed by atoms with E-state index in [0.717, 1.165) is 0 Å². The molecule has 1 aromatic carbocycles. The van der Waals surface area contributed by atoms with E-state index >= 15 is 0 Å². The Morgan fingerprint density at radius 1 is 1.38 bits per heavy atom. The van der Waals surface area contributed by atoms with Crippen LogP contribution in [0.5, 0.6) is 0 Å². The summed E-state index contributed by atoms with van der Waals surface area (Å²) >= 11 is 0. The molecule has 0 saturated carbocycles. The van der Waals surface area contributed by atoms with Crippen LogP contribution in [0.1, 0.15) is 18.9 Å². The Hall–Kier alpha value is -2.00. The van der Waals surface area contributed by atoms with Crippen LogP contribution in [0.3, 0.4) is 0 Å². The summed E-state index contributed by atoms with van der Waals surface area (Å²) in [6.07, 6.45) is -0.0933. The van der Waals surface area contributed by atoms with Gasteiger partial charge in [0.1, 0.15) is 0 Å². The molecule has 0 aliphatic carbocycles. The predicted octanol–water partition coefficient (Wildman–Crippen LogP) is 0.967. The Kier molecular flexibility index (Phi) is 6.25. The summed E-state index contributed by atoms with van der Waals surface area (Å²) in [5.74, 6) is -1.03. The lowest BCUT2D eigenvalue weighted by molar-refractivity contribution is -0.385. The van der Waals surface area contributed by atoms with Crippen molar-refractivity contribution in [3.63, 3.8) is 0 Å². The van der Waals surface area contributed by atoms with E-state index in [1.807, 2.05) is 0 Å². The monoisotopic (exact) mass is 316 g/mol. The van der Waals surface area contributed by atoms with E-state index in [2.05, 4.69) is 9.46 Å². The average Bonchev–Trinajstić information content (AvgIpc) is 2.38. The molecular weight excluding hydrogens is 300 g/mol. The van der Waals surface area contributed by atoms with Crippen LogP contribution in [-0.2, 0) is 25.3 Å². The third-order valence-corrected chi connectivity index (χ3v) is 3.83. The summed E-state index contributed by atoms with van der Waals surface area (Å²) in [7, 11) is -3.76. The second-order valence-corrected chi connectivity index (χ2v) is 5.90. The van der Waals surface area contributed by atoms with Gasteiger partial charge in [-0.25, -0.2) is 13.1 Å². The van der Waals surface area contributed by atoms with E-state index < -0.39 is 26.7 Å². The van der Waals surface area contributed by atoms with Gasteiger partial charge in [-0.3, -0.25) is 14.9 Å². The summed E-state index contributed by atoms with van der Waals surface area (Å²) in [4.78, 5) is 21.3. The van der Waals surface area contributed by atoms with Crippen molar-refractivity contribution in [2.24, 2.45) is 0 Å². The number of para-hydroxylation sites is 1. The first-order valence-electron chi connectivity index (χ1n) is 6.21. The van der Waals surface area contributed by atoms with Gasteiger partial charge in [-0.2, -0.15) is 0 Å². The molecule has 0 unspecified atom stereocenters. The quantitative estimate of drug-likeness (QED) is 0.434. The van der Waals surface area contributed by atoms with Crippen LogP contribution in [0.2, 0.25) is 0 Å². The standard InChI is InChI=1S/C12H16N2O6S/c1-2-20-12(15)7-8-13-21(18,19)9-10-5-3-4-6-11(10)14(16)17/h3-6,13H,2,7-9H2,1H3. The first kappa shape index (κ1) is 17.1. The molecule has 0 aliphatic heterocycles. The highest BCUT2D eigenvalue weighted by Crippen LogP contribution is 2.19. The summed E-state index contributed by atoms with van der Waals surface area (Å²) < 4.78 is 30.5. The normalized spacial score (nSPS) is 11.1. The van der Waals surface area contributed by atoms with Crippen LogP contribution in [-0.4, -0.2) is 32.5 Å². The Morgan fingerprint density at radius 2 is 2.05 bits per heavy atom. The molecule has 0 atom stereocenters. The van der Waals surface area contributed by atoms with Gasteiger partial charge in [0.05, 0.1) is 23.7 Å². The fraction of sp³-hybridized carbons (Fsp3) is 0.417. The summed E-state index contributed by atoms with van der Waals surface area (Å²) in [6, 6.07) is 5.60. The van der Waals surface area contributed by atoms with Gasteiger partial charge >= 0.3 is 5.97 Å².